The Labute approximate surface area is 111 Å². The van der Waals surface area contributed by atoms with E-state index in [9.17, 15) is 9.90 Å². The summed E-state index contributed by atoms with van der Waals surface area (Å²) < 4.78 is 4.95. The van der Waals surface area contributed by atoms with E-state index < -0.39 is 0 Å². The number of hydrogen-bond donors (Lipinski definition) is 2. The van der Waals surface area contributed by atoms with Crippen LogP contribution in [0.15, 0.2) is 5.38 Å². The van der Waals surface area contributed by atoms with Gasteiger partial charge in [0.05, 0.1) is 12.7 Å². The molecule has 0 saturated heterocycles. The molecule has 0 saturated carbocycles. The summed E-state index contributed by atoms with van der Waals surface area (Å²) in [5.74, 6) is 0.0667. The number of rotatable bonds is 7. The second-order valence-electron chi connectivity index (χ2n) is 4.46. The fraction of sp³-hybridized carbons (Fsp3) is 0.667. The zero-order valence-corrected chi connectivity index (χ0v) is 11.8. The SMILES string of the molecule is COCc1nc(C(=O)NCC(C)CC(C)O)cs1. The molecule has 0 aliphatic carbocycles. The second kappa shape index (κ2) is 7.45. The summed E-state index contributed by atoms with van der Waals surface area (Å²) >= 11 is 1.41. The molecule has 0 radical (unpaired) electrons. The molecule has 0 fully saturated rings. The number of aromatic nitrogens is 1. The van der Waals surface area contributed by atoms with Gasteiger partial charge in [-0.2, -0.15) is 0 Å². The Hall–Kier alpha value is -0.980. The molecular formula is C12H20N2O3S. The van der Waals surface area contributed by atoms with Crippen LogP contribution in [0.1, 0.15) is 35.8 Å². The van der Waals surface area contributed by atoms with Crippen LogP contribution in [0.4, 0.5) is 0 Å². The van der Waals surface area contributed by atoms with E-state index in [0.29, 0.717) is 25.3 Å². The number of methoxy groups -OCH3 is 1. The van der Waals surface area contributed by atoms with Gasteiger partial charge < -0.3 is 15.2 Å². The average molecular weight is 272 g/mol. The third-order valence-electron chi connectivity index (χ3n) is 2.41. The van der Waals surface area contributed by atoms with Crippen molar-refractivity contribution in [1.29, 1.82) is 0 Å². The fourth-order valence-electron chi connectivity index (χ4n) is 1.63. The quantitative estimate of drug-likeness (QED) is 0.787. The molecule has 2 unspecified atom stereocenters. The highest BCUT2D eigenvalue weighted by Gasteiger charge is 2.12. The summed E-state index contributed by atoms with van der Waals surface area (Å²) in [6.07, 6.45) is 0.330. The van der Waals surface area contributed by atoms with Crippen LogP contribution in [0.5, 0.6) is 0 Å². The first-order valence-electron chi connectivity index (χ1n) is 5.92. The number of nitrogens with zero attached hydrogens (tertiary/aromatic N) is 1. The van der Waals surface area contributed by atoms with E-state index in [1.807, 2.05) is 6.92 Å². The van der Waals surface area contributed by atoms with Gasteiger partial charge in [-0.25, -0.2) is 4.98 Å². The molecule has 6 heteroatoms. The summed E-state index contributed by atoms with van der Waals surface area (Å²) in [7, 11) is 1.60. The van der Waals surface area contributed by atoms with Crippen LogP contribution in [-0.4, -0.2) is 35.8 Å². The largest absolute Gasteiger partial charge is 0.393 e. The Balaban J connectivity index is 2.40. The van der Waals surface area contributed by atoms with Crippen molar-refractivity contribution in [3.63, 3.8) is 0 Å². The Morgan fingerprint density at radius 3 is 2.94 bits per heavy atom. The maximum absolute atomic E-state index is 11.8. The lowest BCUT2D eigenvalue weighted by Gasteiger charge is -2.13. The second-order valence-corrected chi connectivity index (χ2v) is 5.40. The van der Waals surface area contributed by atoms with E-state index in [1.165, 1.54) is 11.3 Å². The minimum Gasteiger partial charge on any atom is -0.393 e. The maximum atomic E-state index is 11.8. The van der Waals surface area contributed by atoms with Crippen molar-refractivity contribution in [2.45, 2.75) is 33.0 Å². The molecule has 1 amide bonds. The van der Waals surface area contributed by atoms with Crippen LogP contribution in [-0.2, 0) is 11.3 Å². The molecule has 1 rings (SSSR count). The topological polar surface area (TPSA) is 71.5 Å². The lowest BCUT2D eigenvalue weighted by atomic mass is 10.0. The summed E-state index contributed by atoms with van der Waals surface area (Å²) in [5.41, 5.74) is 0.427. The van der Waals surface area contributed by atoms with Crippen LogP contribution in [0.25, 0.3) is 0 Å². The lowest BCUT2D eigenvalue weighted by molar-refractivity contribution is 0.0934. The Morgan fingerprint density at radius 1 is 1.61 bits per heavy atom. The van der Waals surface area contributed by atoms with Crippen molar-refractivity contribution < 1.29 is 14.6 Å². The monoisotopic (exact) mass is 272 g/mol. The number of hydrogen-bond acceptors (Lipinski definition) is 5. The van der Waals surface area contributed by atoms with Gasteiger partial charge in [-0.1, -0.05) is 6.92 Å². The van der Waals surface area contributed by atoms with Gasteiger partial charge in [0.25, 0.3) is 5.91 Å². The number of aliphatic hydroxyl groups excluding tert-OH is 1. The van der Waals surface area contributed by atoms with E-state index in [0.717, 1.165) is 5.01 Å². The van der Waals surface area contributed by atoms with E-state index in [1.54, 1.807) is 19.4 Å². The van der Waals surface area contributed by atoms with Gasteiger partial charge in [-0.05, 0) is 19.3 Å². The van der Waals surface area contributed by atoms with Gasteiger partial charge in [0.1, 0.15) is 10.7 Å². The Kier molecular flexibility index (Phi) is 6.24. The van der Waals surface area contributed by atoms with E-state index >= 15 is 0 Å². The van der Waals surface area contributed by atoms with Crippen molar-refractivity contribution in [2.75, 3.05) is 13.7 Å². The highest BCUT2D eigenvalue weighted by atomic mass is 32.1. The van der Waals surface area contributed by atoms with Crippen LogP contribution < -0.4 is 5.32 Å². The third-order valence-corrected chi connectivity index (χ3v) is 3.23. The summed E-state index contributed by atoms with van der Waals surface area (Å²) in [6, 6.07) is 0. The minimum atomic E-state index is -0.343. The molecule has 2 N–H and O–H groups in total. The van der Waals surface area contributed by atoms with Gasteiger partial charge >= 0.3 is 0 Å². The summed E-state index contributed by atoms with van der Waals surface area (Å²) in [5, 5.41) is 14.6. The zero-order chi connectivity index (χ0) is 13.5. The number of aliphatic hydroxyl groups is 1. The molecule has 5 nitrogen and oxygen atoms in total. The van der Waals surface area contributed by atoms with E-state index in [2.05, 4.69) is 10.3 Å². The first-order chi connectivity index (χ1) is 8.52. The predicted octanol–water partition coefficient (Wildman–Crippen LogP) is 1.43. The molecule has 1 heterocycles. The molecule has 2 atom stereocenters. The highest BCUT2D eigenvalue weighted by molar-refractivity contribution is 7.09. The first-order valence-corrected chi connectivity index (χ1v) is 6.80. The first kappa shape index (κ1) is 15.1. The zero-order valence-electron chi connectivity index (χ0n) is 11.0. The average Bonchev–Trinajstić information content (AvgIpc) is 2.74. The molecule has 0 aliphatic rings. The molecule has 1 aromatic rings. The molecule has 1 aromatic heterocycles. The van der Waals surface area contributed by atoms with E-state index in [4.69, 9.17) is 4.74 Å². The molecular weight excluding hydrogens is 252 g/mol. The predicted molar refractivity (Wildman–Crippen MR) is 70.6 cm³/mol. The number of thiazole rings is 1. The molecule has 0 aliphatic heterocycles. The molecule has 18 heavy (non-hydrogen) atoms. The molecule has 0 aromatic carbocycles. The number of carbonyl (C=O) groups excluding carboxylic acids is 1. The molecule has 102 valence electrons. The normalized spacial score (nSPS) is 14.2. The number of amides is 1. The van der Waals surface area contributed by atoms with Gasteiger partial charge in [-0.3, -0.25) is 4.79 Å². The van der Waals surface area contributed by atoms with Crippen molar-refractivity contribution in [2.24, 2.45) is 5.92 Å². The standard InChI is InChI=1S/C12H20N2O3S/c1-8(4-9(2)15)5-13-12(16)10-7-18-11(14-10)6-17-3/h7-9,15H,4-6H2,1-3H3,(H,13,16). The van der Waals surface area contributed by atoms with Crippen LogP contribution in [0, 0.1) is 5.92 Å². The van der Waals surface area contributed by atoms with Crippen LogP contribution in [0.2, 0.25) is 0 Å². The number of carbonyl (C=O) groups is 1. The van der Waals surface area contributed by atoms with Crippen LogP contribution in [0.3, 0.4) is 0 Å². The minimum absolute atomic E-state index is 0.175. The fourth-order valence-corrected chi connectivity index (χ4v) is 2.37. The maximum Gasteiger partial charge on any atom is 0.270 e. The van der Waals surface area contributed by atoms with Gasteiger partial charge in [0.2, 0.25) is 0 Å². The van der Waals surface area contributed by atoms with Gasteiger partial charge in [0.15, 0.2) is 0 Å². The Morgan fingerprint density at radius 2 is 2.33 bits per heavy atom. The van der Waals surface area contributed by atoms with Crippen molar-refractivity contribution in [3.05, 3.63) is 16.1 Å². The Bertz CT molecular complexity index is 379. The lowest BCUT2D eigenvalue weighted by Crippen LogP contribution is -2.29. The smallest absolute Gasteiger partial charge is 0.270 e. The van der Waals surface area contributed by atoms with Gasteiger partial charge in [-0.15, -0.1) is 11.3 Å². The molecule has 0 spiro atoms. The van der Waals surface area contributed by atoms with Crippen LogP contribution >= 0.6 is 11.3 Å². The van der Waals surface area contributed by atoms with Crippen molar-refractivity contribution in [3.8, 4) is 0 Å². The molecule has 0 bridgehead atoms. The number of ether oxygens (including phenoxy) is 1. The third kappa shape index (κ3) is 5.12. The summed E-state index contributed by atoms with van der Waals surface area (Å²) in [4.78, 5) is 16.0. The van der Waals surface area contributed by atoms with Crippen molar-refractivity contribution in [1.82, 2.24) is 10.3 Å². The highest BCUT2D eigenvalue weighted by Crippen LogP contribution is 2.11. The van der Waals surface area contributed by atoms with Gasteiger partial charge in [0, 0.05) is 19.0 Å². The number of nitrogens with one attached hydrogen (secondary N) is 1. The van der Waals surface area contributed by atoms with Crippen molar-refractivity contribution >= 4 is 17.2 Å². The van der Waals surface area contributed by atoms with E-state index in [-0.39, 0.29) is 17.9 Å². The summed E-state index contributed by atoms with van der Waals surface area (Å²) in [6.45, 7) is 4.71.